The Morgan fingerprint density at radius 3 is 2.32 bits per heavy atom. The number of hydrogen-bond donors (Lipinski definition) is 1. The van der Waals surface area contributed by atoms with Gasteiger partial charge >= 0.3 is 12.1 Å². The molecule has 0 fully saturated rings. The molecule has 1 unspecified atom stereocenters. The van der Waals surface area contributed by atoms with Crippen LogP contribution < -0.4 is 5.32 Å². The minimum absolute atomic E-state index is 0.0903. The Morgan fingerprint density at radius 1 is 1.21 bits per heavy atom. The zero-order chi connectivity index (χ0) is 14.9. The topological polar surface area (TPSA) is 64.6 Å². The van der Waals surface area contributed by atoms with Crippen LogP contribution >= 0.6 is 0 Å². The number of methoxy groups -OCH3 is 1. The second-order valence-corrected chi connectivity index (χ2v) is 5.57. The van der Waals surface area contributed by atoms with E-state index in [0.717, 1.165) is 25.7 Å². The summed E-state index contributed by atoms with van der Waals surface area (Å²) < 4.78 is 9.78. The minimum Gasteiger partial charge on any atom is -0.469 e. The number of unbranched alkanes of at least 4 members (excludes halogenated alkanes) is 1. The molecule has 0 aromatic carbocycles. The largest absolute Gasteiger partial charge is 0.469 e. The van der Waals surface area contributed by atoms with Crippen molar-refractivity contribution < 1.29 is 19.1 Å². The number of esters is 1. The number of amides is 1. The standard InChI is InChI=1S/C14H27NO4/c1-6-11(9-7-8-10-12(16)18-5)15-13(17)19-14(2,3)4/h11H,6-10H2,1-5H3,(H,15,17). The number of hydrogen-bond acceptors (Lipinski definition) is 4. The van der Waals surface area contributed by atoms with Crippen molar-refractivity contribution in [3.63, 3.8) is 0 Å². The van der Waals surface area contributed by atoms with Gasteiger partial charge in [-0.05, 0) is 40.0 Å². The van der Waals surface area contributed by atoms with Crippen LogP contribution in [-0.4, -0.2) is 30.8 Å². The van der Waals surface area contributed by atoms with Crippen molar-refractivity contribution in [1.82, 2.24) is 5.32 Å². The predicted octanol–water partition coefficient (Wildman–Crippen LogP) is 3.02. The van der Waals surface area contributed by atoms with Gasteiger partial charge in [0.2, 0.25) is 0 Å². The highest BCUT2D eigenvalue weighted by atomic mass is 16.6. The average molecular weight is 273 g/mol. The van der Waals surface area contributed by atoms with E-state index in [1.165, 1.54) is 7.11 Å². The third-order valence-electron chi connectivity index (χ3n) is 2.62. The normalized spacial score (nSPS) is 12.7. The van der Waals surface area contributed by atoms with Gasteiger partial charge in [-0.3, -0.25) is 4.79 Å². The average Bonchev–Trinajstić information content (AvgIpc) is 2.30. The van der Waals surface area contributed by atoms with Gasteiger partial charge in [0.15, 0.2) is 0 Å². The van der Waals surface area contributed by atoms with Gasteiger partial charge in [0, 0.05) is 12.5 Å². The maximum absolute atomic E-state index is 11.6. The second kappa shape index (κ2) is 8.77. The van der Waals surface area contributed by atoms with E-state index >= 15 is 0 Å². The summed E-state index contributed by atoms with van der Waals surface area (Å²) in [6.07, 6.45) is 3.39. The van der Waals surface area contributed by atoms with Gasteiger partial charge in [0.25, 0.3) is 0 Å². The van der Waals surface area contributed by atoms with E-state index in [4.69, 9.17) is 4.74 Å². The van der Waals surface area contributed by atoms with Crippen LogP contribution in [0.15, 0.2) is 0 Å². The highest BCUT2D eigenvalue weighted by Crippen LogP contribution is 2.10. The van der Waals surface area contributed by atoms with Gasteiger partial charge in [-0.2, -0.15) is 0 Å². The molecule has 19 heavy (non-hydrogen) atoms. The van der Waals surface area contributed by atoms with Gasteiger partial charge in [-0.15, -0.1) is 0 Å². The fraction of sp³-hybridized carbons (Fsp3) is 0.857. The molecule has 0 bridgehead atoms. The monoisotopic (exact) mass is 273 g/mol. The third kappa shape index (κ3) is 10.4. The maximum Gasteiger partial charge on any atom is 0.407 e. The van der Waals surface area contributed by atoms with Crippen LogP contribution in [0, 0.1) is 0 Å². The van der Waals surface area contributed by atoms with E-state index in [1.807, 2.05) is 27.7 Å². The highest BCUT2D eigenvalue weighted by molar-refractivity contribution is 5.69. The van der Waals surface area contributed by atoms with Crippen LogP contribution in [0.3, 0.4) is 0 Å². The SMILES string of the molecule is CCC(CCCCC(=O)OC)NC(=O)OC(C)(C)C. The van der Waals surface area contributed by atoms with Crippen LogP contribution in [-0.2, 0) is 14.3 Å². The van der Waals surface area contributed by atoms with Crippen LogP contribution in [0.4, 0.5) is 4.79 Å². The molecular formula is C14H27NO4. The molecule has 0 aliphatic carbocycles. The first-order valence-electron chi connectivity index (χ1n) is 6.84. The van der Waals surface area contributed by atoms with Crippen molar-refractivity contribution in [2.24, 2.45) is 0 Å². The van der Waals surface area contributed by atoms with Crippen LogP contribution in [0.2, 0.25) is 0 Å². The number of ether oxygens (including phenoxy) is 2. The van der Waals surface area contributed by atoms with Crippen molar-refractivity contribution >= 4 is 12.1 Å². The Morgan fingerprint density at radius 2 is 1.84 bits per heavy atom. The van der Waals surface area contributed by atoms with Crippen molar-refractivity contribution in [3.8, 4) is 0 Å². The smallest absolute Gasteiger partial charge is 0.407 e. The van der Waals surface area contributed by atoms with E-state index in [9.17, 15) is 9.59 Å². The highest BCUT2D eigenvalue weighted by Gasteiger charge is 2.18. The van der Waals surface area contributed by atoms with Gasteiger partial charge in [-0.1, -0.05) is 13.3 Å². The molecule has 0 radical (unpaired) electrons. The lowest BCUT2D eigenvalue weighted by molar-refractivity contribution is -0.140. The summed E-state index contributed by atoms with van der Waals surface area (Å²) in [7, 11) is 1.39. The number of rotatable bonds is 7. The summed E-state index contributed by atoms with van der Waals surface area (Å²) in [4.78, 5) is 22.6. The molecule has 5 heteroatoms. The van der Waals surface area contributed by atoms with E-state index in [1.54, 1.807) is 0 Å². The predicted molar refractivity (Wildman–Crippen MR) is 73.9 cm³/mol. The second-order valence-electron chi connectivity index (χ2n) is 5.57. The van der Waals surface area contributed by atoms with Gasteiger partial charge < -0.3 is 14.8 Å². The third-order valence-corrected chi connectivity index (χ3v) is 2.62. The van der Waals surface area contributed by atoms with Crippen molar-refractivity contribution in [1.29, 1.82) is 0 Å². The summed E-state index contributed by atoms with van der Waals surface area (Å²) in [6.45, 7) is 7.53. The molecule has 0 saturated heterocycles. The lowest BCUT2D eigenvalue weighted by Crippen LogP contribution is -2.38. The quantitative estimate of drug-likeness (QED) is 0.572. The molecule has 0 aromatic rings. The molecule has 0 rings (SSSR count). The minimum atomic E-state index is -0.479. The molecule has 0 spiro atoms. The first kappa shape index (κ1) is 17.7. The number of alkyl carbamates (subject to hydrolysis) is 1. The Hall–Kier alpha value is -1.26. The number of carbonyl (C=O) groups excluding carboxylic acids is 2. The van der Waals surface area contributed by atoms with Crippen LogP contribution in [0.5, 0.6) is 0 Å². The van der Waals surface area contributed by atoms with Crippen LogP contribution in [0.1, 0.15) is 59.8 Å². The summed E-state index contributed by atoms with van der Waals surface area (Å²) in [6, 6.07) is 0.0903. The van der Waals surface area contributed by atoms with E-state index < -0.39 is 5.60 Å². The fourth-order valence-electron chi connectivity index (χ4n) is 1.61. The molecule has 0 aromatic heterocycles. The molecule has 0 aliphatic heterocycles. The van der Waals surface area contributed by atoms with E-state index in [0.29, 0.717) is 6.42 Å². The molecule has 1 amide bonds. The Labute approximate surface area is 116 Å². The van der Waals surface area contributed by atoms with Crippen molar-refractivity contribution in [2.45, 2.75) is 71.4 Å². The van der Waals surface area contributed by atoms with E-state index in [2.05, 4.69) is 10.1 Å². The Kier molecular flexibility index (Phi) is 8.19. The summed E-state index contributed by atoms with van der Waals surface area (Å²) in [5.74, 6) is -0.187. The lowest BCUT2D eigenvalue weighted by atomic mass is 10.1. The number of nitrogens with one attached hydrogen (secondary N) is 1. The van der Waals surface area contributed by atoms with Crippen molar-refractivity contribution in [2.75, 3.05) is 7.11 Å². The summed E-state index contributed by atoms with van der Waals surface area (Å²) >= 11 is 0. The fourth-order valence-corrected chi connectivity index (χ4v) is 1.61. The Balaban J connectivity index is 3.89. The maximum atomic E-state index is 11.6. The zero-order valence-corrected chi connectivity index (χ0v) is 12.7. The molecule has 0 aliphatic rings. The van der Waals surface area contributed by atoms with Crippen molar-refractivity contribution in [3.05, 3.63) is 0 Å². The first-order valence-corrected chi connectivity index (χ1v) is 6.84. The Bertz CT molecular complexity index is 284. The molecule has 1 atom stereocenters. The van der Waals surface area contributed by atoms with Gasteiger partial charge in [0.1, 0.15) is 5.60 Å². The van der Waals surface area contributed by atoms with Crippen LogP contribution in [0.25, 0.3) is 0 Å². The summed E-state index contributed by atoms with van der Waals surface area (Å²) in [5, 5.41) is 2.85. The number of carbonyl (C=O) groups is 2. The van der Waals surface area contributed by atoms with Gasteiger partial charge in [-0.25, -0.2) is 4.79 Å². The molecule has 1 N–H and O–H groups in total. The summed E-state index contributed by atoms with van der Waals surface area (Å²) in [5.41, 5.74) is -0.479. The molecule has 5 nitrogen and oxygen atoms in total. The zero-order valence-electron chi connectivity index (χ0n) is 12.7. The van der Waals surface area contributed by atoms with Gasteiger partial charge in [0.05, 0.1) is 7.11 Å². The molecule has 112 valence electrons. The molecular weight excluding hydrogens is 246 g/mol. The van der Waals surface area contributed by atoms with E-state index in [-0.39, 0.29) is 18.1 Å². The lowest BCUT2D eigenvalue weighted by Gasteiger charge is -2.23. The first-order chi connectivity index (χ1) is 8.78. The molecule has 0 heterocycles. The molecule has 0 saturated carbocycles.